The molecule has 0 bridgehead atoms. The highest BCUT2D eigenvalue weighted by Gasteiger charge is 2.26. The van der Waals surface area contributed by atoms with Crippen molar-refractivity contribution in [3.63, 3.8) is 0 Å². The Morgan fingerprint density at radius 2 is 2.21 bits per heavy atom. The maximum atomic E-state index is 11.0. The van der Waals surface area contributed by atoms with Gasteiger partial charge in [-0.15, -0.1) is 0 Å². The fraction of sp³-hybridized carbons (Fsp3) is 0.889. The number of ether oxygens (including phenoxy) is 2. The molecule has 1 fully saturated rings. The quantitative estimate of drug-likeness (QED) is 0.671. The molecule has 82 valence electrons. The standard InChI is InChI=1S/C9H17NO4/c1-13-5-2-8(9(11)12)10-3-6-14-7-4-10/h8H,2-7H2,1H3,(H,11,12). The van der Waals surface area contributed by atoms with E-state index >= 15 is 0 Å². The normalized spacial score (nSPS) is 20.6. The van der Waals surface area contributed by atoms with Crippen LogP contribution in [-0.2, 0) is 14.3 Å². The van der Waals surface area contributed by atoms with Crippen LogP contribution in [-0.4, -0.2) is 62.0 Å². The lowest BCUT2D eigenvalue weighted by molar-refractivity contribution is -0.145. The van der Waals surface area contributed by atoms with E-state index in [2.05, 4.69) is 0 Å². The van der Waals surface area contributed by atoms with Gasteiger partial charge in [-0.1, -0.05) is 0 Å². The lowest BCUT2D eigenvalue weighted by Gasteiger charge is -2.31. The summed E-state index contributed by atoms with van der Waals surface area (Å²) in [5.41, 5.74) is 0. The maximum Gasteiger partial charge on any atom is 0.321 e. The van der Waals surface area contributed by atoms with Crippen LogP contribution in [0, 0.1) is 0 Å². The van der Waals surface area contributed by atoms with Gasteiger partial charge in [0.2, 0.25) is 0 Å². The van der Waals surface area contributed by atoms with E-state index in [1.54, 1.807) is 7.11 Å². The molecule has 1 N–H and O–H groups in total. The Balaban J connectivity index is 2.43. The van der Waals surface area contributed by atoms with Gasteiger partial charge >= 0.3 is 5.97 Å². The van der Waals surface area contributed by atoms with Crippen LogP contribution < -0.4 is 0 Å². The van der Waals surface area contributed by atoms with Crippen molar-refractivity contribution >= 4 is 5.97 Å². The first-order valence-corrected chi connectivity index (χ1v) is 4.79. The molecule has 1 rings (SSSR count). The van der Waals surface area contributed by atoms with E-state index in [0.717, 1.165) is 0 Å². The third-order valence-electron chi connectivity index (χ3n) is 2.37. The van der Waals surface area contributed by atoms with Crippen LogP contribution in [0.15, 0.2) is 0 Å². The van der Waals surface area contributed by atoms with Gasteiger partial charge in [0.1, 0.15) is 6.04 Å². The number of aliphatic carboxylic acids is 1. The summed E-state index contributed by atoms with van der Waals surface area (Å²) in [5.74, 6) is -0.774. The fourth-order valence-electron chi connectivity index (χ4n) is 1.58. The molecule has 14 heavy (non-hydrogen) atoms. The van der Waals surface area contributed by atoms with Crippen molar-refractivity contribution in [2.75, 3.05) is 40.0 Å². The third kappa shape index (κ3) is 3.25. The summed E-state index contributed by atoms with van der Waals surface area (Å²) in [6.07, 6.45) is 0.534. The van der Waals surface area contributed by atoms with Crippen LogP contribution in [0.3, 0.4) is 0 Å². The van der Waals surface area contributed by atoms with Gasteiger partial charge in [-0.05, 0) is 6.42 Å². The van der Waals surface area contributed by atoms with Gasteiger partial charge in [0.15, 0.2) is 0 Å². The zero-order chi connectivity index (χ0) is 10.4. The van der Waals surface area contributed by atoms with Gasteiger partial charge in [-0.2, -0.15) is 0 Å². The second-order valence-electron chi connectivity index (χ2n) is 3.28. The maximum absolute atomic E-state index is 11.0. The number of methoxy groups -OCH3 is 1. The molecule has 0 saturated carbocycles. The molecule has 1 aliphatic heterocycles. The number of rotatable bonds is 5. The van der Waals surface area contributed by atoms with E-state index in [4.69, 9.17) is 14.6 Å². The van der Waals surface area contributed by atoms with Gasteiger partial charge in [-0.3, -0.25) is 9.69 Å². The first kappa shape index (κ1) is 11.4. The van der Waals surface area contributed by atoms with Crippen molar-refractivity contribution in [1.29, 1.82) is 0 Å². The lowest BCUT2D eigenvalue weighted by atomic mass is 10.1. The van der Waals surface area contributed by atoms with Crippen LogP contribution in [0.1, 0.15) is 6.42 Å². The minimum Gasteiger partial charge on any atom is -0.480 e. The van der Waals surface area contributed by atoms with Crippen molar-refractivity contribution < 1.29 is 19.4 Å². The molecule has 0 amide bonds. The average molecular weight is 203 g/mol. The number of hydrogen-bond acceptors (Lipinski definition) is 4. The van der Waals surface area contributed by atoms with E-state index in [1.165, 1.54) is 0 Å². The molecular formula is C9H17NO4. The van der Waals surface area contributed by atoms with Gasteiger partial charge in [0.25, 0.3) is 0 Å². The van der Waals surface area contributed by atoms with Crippen LogP contribution in [0.25, 0.3) is 0 Å². The number of carbonyl (C=O) groups is 1. The molecule has 1 atom stereocenters. The van der Waals surface area contributed by atoms with Gasteiger partial charge in [0, 0.05) is 26.8 Å². The first-order chi connectivity index (χ1) is 6.75. The Bertz CT molecular complexity index is 180. The van der Waals surface area contributed by atoms with E-state index in [1.807, 2.05) is 4.90 Å². The Hall–Kier alpha value is -0.650. The summed E-state index contributed by atoms with van der Waals surface area (Å²) in [6.45, 7) is 3.11. The molecule has 1 unspecified atom stereocenters. The topological polar surface area (TPSA) is 59.0 Å². The fourth-order valence-corrected chi connectivity index (χ4v) is 1.58. The van der Waals surface area contributed by atoms with Crippen LogP contribution in [0.2, 0.25) is 0 Å². The Kier molecular flexibility index (Phi) is 4.86. The molecule has 5 nitrogen and oxygen atoms in total. The van der Waals surface area contributed by atoms with Crippen LogP contribution in [0.5, 0.6) is 0 Å². The Labute approximate surface area is 83.6 Å². The highest BCUT2D eigenvalue weighted by Crippen LogP contribution is 2.08. The largest absolute Gasteiger partial charge is 0.480 e. The minimum atomic E-state index is -0.774. The smallest absolute Gasteiger partial charge is 0.321 e. The number of carboxylic acids is 1. The van der Waals surface area contributed by atoms with Crippen molar-refractivity contribution in [2.24, 2.45) is 0 Å². The molecule has 0 aromatic heterocycles. The first-order valence-electron chi connectivity index (χ1n) is 4.79. The Morgan fingerprint density at radius 1 is 1.57 bits per heavy atom. The number of hydrogen-bond donors (Lipinski definition) is 1. The van der Waals surface area contributed by atoms with Gasteiger partial charge in [0.05, 0.1) is 13.2 Å². The monoisotopic (exact) mass is 203 g/mol. The van der Waals surface area contributed by atoms with Gasteiger partial charge < -0.3 is 14.6 Å². The summed E-state index contributed by atoms with van der Waals surface area (Å²) in [7, 11) is 1.58. The molecule has 0 radical (unpaired) electrons. The van der Waals surface area contributed by atoms with Crippen molar-refractivity contribution in [3.05, 3.63) is 0 Å². The van der Waals surface area contributed by atoms with Crippen molar-refractivity contribution in [3.8, 4) is 0 Å². The molecule has 1 aliphatic rings. The molecule has 0 aliphatic carbocycles. The third-order valence-corrected chi connectivity index (χ3v) is 2.37. The number of nitrogens with zero attached hydrogens (tertiary/aromatic N) is 1. The SMILES string of the molecule is COCCC(C(=O)O)N1CCOCC1. The van der Waals surface area contributed by atoms with E-state index in [-0.39, 0.29) is 0 Å². The van der Waals surface area contributed by atoms with Gasteiger partial charge in [-0.25, -0.2) is 0 Å². The highest BCUT2D eigenvalue weighted by atomic mass is 16.5. The van der Waals surface area contributed by atoms with E-state index < -0.39 is 12.0 Å². The van der Waals surface area contributed by atoms with Crippen LogP contribution in [0.4, 0.5) is 0 Å². The van der Waals surface area contributed by atoms with E-state index in [9.17, 15) is 4.79 Å². The summed E-state index contributed by atoms with van der Waals surface area (Å²) in [4.78, 5) is 12.9. The zero-order valence-corrected chi connectivity index (χ0v) is 8.44. The summed E-state index contributed by atoms with van der Waals surface area (Å²) in [5, 5.41) is 9.01. The predicted molar refractivity (Wildman–Crippen MR) is 50.3 cm³/mol. The molecule has 0 spiro atoms. The molecule has 0 aromatic rings. The average Bonchev–Trinajstić information content (AvgIpc) is 2.19. The lowest BCUT2D eigenvalue weighted by Crippen LogP contribution is -2.47. The minimum absolute atomic E-state index is 0.432. The van der Waals surface area contributed by atoms with Crippen LogP contribution >= 0.6 is 0 Å². The molecule has 1 heterocycles. The Morgan fingerprint density at radius 3 is 2.71 bits per heavy atom. The highest BCUT2D eigenvalue weighted by molar-refractivity contribution is 5.73. The second kappa shape index (κ2) is 5.95. The van der Waals surface area contributed by atoms with Crippen molar-refractivity contribution in [1.82, 2.24) is 4.90 Å². The number of morpholine rings is 1. The second-order valence-corrected chi connectivity index (χ2v) is 3.28. The van der Waals surface area contributed by atoms with Crippen molar-refractivity contribution in [2.45, 2.75) is 12.5 Å². The summed E-state index contributed by atoms with van der Waals surface area (Å²) >= 11 is 0. The van der Waals surface area contributed by atoms with E-state index in [0.29, 0.717) is 39.3 Å². The molecular weight excluding hydrogens is 186 g/mol. The molecule has 0 aromatic carbocycles. The predicted octanol–water partition coefficient (Wildman–Crippen LogP) is -0.192. The summed E-state index contributed by atoms with van der Waals surface area (Å²) < 4.78 is 10.1. The molecule has 1 saturated heterocycles. The summed E-state index contributed by atoms with van der Waals surface area (Å²) in [6, 6.07) is -0.432. The molecule has 5 heteroatoms. The number of carboxylic acid groups (broad SMARTS) is 1. The zero-order valence-electron chi connectivity index (χ0n) is 8.44.